The molecule has 0 unspecified atom stereocenters. The van der Waals surface area contributed by atoms with Crippen LogP contribution in [0.1, 0.15) is 18.1 Å². The molecule has 0 aliphatic rings. The van der Waals surface area contributed by atoms with Crippen molar-refractivity contribution in [2.45, 2.75) is 13.1 Å². The molecule has 0 aliphatic heterocycles. The number of anilines is 3. The third-order valence-electron chi connectivity index (χ3n) is 4.24. The Morgan fingerprint density at radius 2 is 1.53 bits per heavy atom. The summed E-state index contributed by atoms with van der Waals surface area (Å²) in [5.41, 5.74) is 1.07. The third kappa shape index (κ3) is 6.43. The van der Waals surface area contributed by atoms with Crippen LogP contribution in [0.25, 0.3) is 6.08 Å². The van der Waals surface area contributed by atoms with Gasteiger partial charge in [0.05, 0.1) is 17.4 Å². The highest BCUT2D eigenvalue weighted by Crippen LogP contribution is 2.30. The Morgan fingerprint density at radius 1 is 0.844 bits per heavy atom. The maximum Gasteiger partial charge on any atom is 0.416 e. The van der Waals surface area contributed by atoms with E-state index in [1.807, 2.05) is 6.07 Å². The standard InChI is InChI=1S/C23H19F3N4O2/c1-15(21(31)28-18-7-3-2-4-8-18)10-16-11-20(14-27-13-16)30-22(32)29-19-9-5-6-17(12-19)23(24,25)26/h2-14H,1H3,(H,28,31)(H2,29,30,32). The van der Waals surface area contributed by atoms with Crippen molar-refractivity contribution in [2.75, 3.05) is 16.0 Å². The summed E-state index contributed by atoms with van der Waals surface area (Å²) in [6, 6.07) is 14.1. The first-order valence-corrected chi connectivity index (χ1v) is 9.46. The number of alkyl halides is 3. The quantitative estimate of drug-likeness (QED) is 0.440. The van der Waals surface area contributed by atoms with E-state index in [2.05, 4.69) is 20.9 Å². The van der Waals surface area contributed by atoms with Gasteiger partial charge in [-0.05, 0) is 55.0 Å². The van der Waals surface area contributed by atoms with Crippen molar-refractivity contribution in [3.05, 3.63) is 89.8 Å². The lowest BCUT2D eigenvalue weighted by molar-refractivity contribution is -0.137. The number of urea groups is 1. The number of nitrogens with zero attached hydrogens (tertiary/aromatic N) is 1. The summed E-state index contributed by atoms with van der Waals surface area (Å²) in [6.45, 7) is 1.64. The van der Waals surface area contributed by atoms with E-state index in [-0.39, 0.29) is 11.6 Å². The van der Waals surface area contributed by atoms with Crippen molar-refractivity contribution in [2.24, 2.45) is 0 Å². The van der Waals surface area contributed by atoms with Gasteiger partial charge in [0.15, 0.2) is 0 Å². The van der Waals surface area contributed by atoms with Gasteiger partial charge < -0.3 is 16.0 Å². The van der Waals surface area contributed by atoms with Gasteiger partial charge in [0.1, 0.15) is 0 Å². The number of halogens is 3. The molecule has 3 amide bonds. The lowest BCUT2D eigenvalue weighted by Gasteiger charge is -2.11. The molecule has 0 saturated heterocycles. The van der Waals surface area contributed by atoms with Crippen LogP contribution in [-0.2, 0) is 11.0 Å². The summed E-state index contributed by atoms with van der Waals surface area (Å²) in [5.74, 6) is -0.295. The molecule has 2 aromatic carbocycles. The molecule has 1 aromatic heterocycles. The van der Waals surface area contributed by atoms with Crippen LogP contribution in [0.15, 0.2) is 78.6 Å². The molecule has 164 valence electrons. The van der Waals surface area contributed by atoms with Gasteiger partial charge in [-0.1, -0.05) is 24.3 Å². The first-order valence-electron chi connectivity index (χ1n) is 9.46. The summed E-state index contributed by atoms with van der Waals surface area (Å²) < 4.78 is 38.4. The fourth-order valence-corrected chi connectivity index (χ4v) is 2.74. The summed E-state index contributed by atoms with van der Waals surface area (Å²) in [5, 5.41) is 7.62. The maximum absolute atomic E-state index is 12.8. The van der Waals surface area contributed by atoms with Crippen molar-refractivity contribution in [1.82, 2.24) is 4.98 Å². The molecule has 6 nitrogen and oxygen atoms in total. The van der Waals surface area contributed by atoms with Crippen molar-refractivity contribution < 1.29 is 22.8 Å². The topological polar surface area (TPSA) is 83.1 Å². The van der Waals surface area contributed by atoms with Crippen LogP contribution in [0.5, 0.6) is 0 Å². The number of para-hydroxylation sites is 1. The minimum atomic E-state index is -4.51. The van der Waals surface area contributed by atoms with Crippen LogP contribution in [0.2, 0.25) is 0 Å². The highest BCUT2D eigenvalue weighted by molar-refractivity contribution is 6.06. The van der Waals surface area contributed by atoms with Gasteiger partial charge in [-0.25, -0.2) is 4.79 Å². The number of amides is 3. The Hall–Kier alpha value is -4.14. The second kappa shape index (κ2) is 9.78. The molecule has 3 rings (SSSR count). The van der Waals surface area contributed by atoms with Crippen LogP contribution in [0, 0.1) is 0 Å². The van der Waals surface area contributed by atoms with Crippen LogP contribution in [-0.4, -0.2) is 16.9 Å². The zero-order chi connectivity index (χ0) is 23.1. The van der Waals surface area contributed by atoms with Crippen LogP contribution in [0.3, 0.4) is 0 Å². The van der Waals surface area contributed by atoms with E-state index in [1.165, 1.54) is 24.5 Å². The van der Waals surface area contributed by atoms with Crippen LogP contribution < -0.4 is 16.0 Å². The SMILES string of the molecule is CC(=Cc1cncc(NC(=O)Nc2cccc(C(F)(F)F)c2)c1)C(=O)Nc1ccccc1. The normalized spacial score (nSPS) is 11.6. The first-order chi connectivity index (χ1) is 15.2. The molecule has 32 heavy (non-hydrogen) atoms. The Morgan fingerprint density at radius 3 is 2.25 bits per heavy atom. The minimum Gasteiger partial charge on any atom is -0.322 e. The highest BCUT2D eigenvalue weighted by Gasteiger charge is 2.30. The van der Waals surface area contributed by atoms with Crippen LogP contribution >= 0.6 is 0 Å². The summed E-state index contributed by atoms with van der Waals surface area (Å²) in [6.07, 6.45) is -0.0256. The van der Waals surface area contributed by atoms with Crippen LogP contribution in [0.4, 0.5) is 35.0 Å². The second-order valence-corrected chi connectivity index (χ2v) is 6.81. The van der Waals surface area contributed by atoms with E-state index >= 15 is 0 Å². The lowest BCUT2D eigenvalue weighted by atomic mass is 10.1. The second-order valence-electron chi connectivity index (χ2n) is 6.81. The molecule has 0 atom stereocenters. The fraction of sp³-hybridized carbons (Fsp3) is 0.0870. The van der Waals surface area contributed by atoms with Gasteiger partial charge in [0.2, 0.25) is 0 Å². The molecule has 0 spiro atoms. The van der Waals surface area contributed by atoms with E-state index in [0.717, 1.165) is 12.1 Å². The molecule has 0 bridgehead atoms. The summed E-state index contributed by atoms with van der Waals surface area (Å²) in [4.78, 5) is 28.5. The molecule has 0 fully saturated rings. The number of benzene rings is 2. The zero-order valence-electron chi connectivity index (χ0n) is 16.9. The van der Waals surface area contributed by atoms with Gasteiger partial charge in [-0.3, -0.25) is 9.78 Å². The minimum absolute atomic E-state index is 0.00485. The van der Waals surface area contributed by atoms with Gasteiger partial charge in [-0.15, -0.1) is 0 Å². The molecule has 0 aliphatic carbocycles. The molecule has 9 heteroatoms. The summed E-state index contributed by atoms with van der Waals surface area (Å²) >= 11 is 0. The highest BCUT2D eigenvalue weighted by atomic mass is 19.4. The molecule has 0 saturated carbocycles. The van der Waals surface area contributed by atoms with E-state index in [1.54, 1.807) is 43.3 Å². The third-order valence-corrected chi connectivity index (χ3v) is 4.24. The van der Waals surface area contributed by atoms with Crippen molar-refractivity contribution >= 4 is 35.1 Å². The van der Waals surface area contributed by atoms with E-state index in [4.69, 9.17) is 0 Å². The Labute approximate surface area is 182 Å². The molecule has 3 aromatic rings. The molecule has 3 N–H and O–H groups in total. The number of aromatic nitrogens is 1. The van der Waals surface area contributed by atoms with Gasteiger partial charge in [0, 0.05) is 23.1 Å². The van der Waals surface area contributed by atoms with Crippen molar-refractivity contribution in [1.29, 1.82) is 0 Å². The average Bonchev–Trinajstić information content (AvgIpc) is 2.74. The number of hydrogen-bond donors (Lipinski definition) is 3. The number of rotatable bonds is 5. The number of pyridine rings is 1. The number of hydrogen-bond acceptors (Lipinski definition) is 3. The maximum atomic E-state index is 12.8. The monoisotopic (exact) mass is 440 g/mol. The predicted octanol–water partition coefficient (Wildman–Crippen LogP) is 5.79. The largest absolute Gasteiger partial charge is 0.416 e. The molecular weight excluding hydrogens is 421 g/mol. The first kappa shape index (κ1) is 22.5. The Kier molecular flexibility index (Phi) is 6.89. The van der Waals surface area contributed by atoms with E-state index in [0.29, 0.717) is 22.5 Å². The number of carbonyl (C=O) groups excluding carboxylic acids is 2. The number of nitrogens with one attached hydrogen (secondary N) is 3. The Bertz CT molecular complexity index is 1150. The van der Waals surface area contributed by atoms with Gasteiger partial charge in [-0.2, -0.15) is 13.2 Å². The van der Waals surface area contributed by atoms with Crippen molar-refractivity contribution in [3.8, 4) is 0 Å². The van der Waals surface area contributed by atoms with Gasteiger partial charge in [0.25, 0.3) is 5.91 Å². The molecule has 0 radical (unpaired) electrons. The number of carbonyl (C=O) groups is 2. The molecular formula is C23H19F3N4O2. The lowest BCUT2D eigenvalue weighted by Crippen LogP contribution is -2.20. The smallest absolute Gasteiger partial charge is 0.322 e. The van der Waals surface area contributed by atoms with Crippen molar-refractivity contribution in [3.63, 3.8) is 0 Å². The van der Waals surface area contributed by atoms with Gasteiger partial charge >= 0.3 is 12.2 Å². The molecule has 1 heterocycles. The van der Waals surface area contributed by atoms with E-state index in [9.17, 15) is 22.8 Å². The Balaban J connectivity index is 1.65. The average molecular weight is 440 g/mol. The summed E-state index contributed by atoms with van der Waals surface area (Å²) in [7, 11) is 0. The zero-order valence-corrected chi connectivity index (χ0v) is 16.9. The van der Waals surface area contributed by atoms with E-state index < -0.39 is 17.8 Å². The fourth-order valence-electron chi connectivity index (χ4n) is 2.74. The predicted molar refractivity (Wildman–Crippen MR) is 117 cm³/mol.